The van der Waals surface area contributed by atoms with Gasteiger partial charge in [-0.25, -0.2) is 4.57 Å². The summed E-state index contributed by atoms with van der Waals surface area (Å²) in [5.74, 6) is 0.508. The lowest BCUT2D eigenvalue weighted by Gasteiger charge is -2.19. The summed E-state index contributed by atoms with van der Waals surface area (Å²) in [5, 5.41) is 1.90. The van der Waals surface area contributed by atoms with Crippen molar-refractivity contribution < 1.29 is 22.9 Å². The first-order valence-electron chi connectivity index (χ1n) is 14.3. The number of hydrogen-bond donors (Lipinski definition) is 0. The Morgan fingerprint density at radius 1 is 0.611 bits per heavy atom. The van der Waals surface area contributed by atoms with Gasteiger partial charge in [-0.05, 0) is 24.8 Å². The molecule has 0 saturated heterocycles. The molecule has 2 aromatic carbocycles. The Hall–Kier alpha value is -1.39. The zero-order valence-electron chi connectivity index (χ0n) is 22.8. The third kappa shape index (κ3) is 13.2. The zero-order chi connectivity index (χ0) is 25.7. The number of phosphoric acid groups is 1. The molecule has 0 heterocycles. The predicted molar refractivity (Wildman–Crippen MR) is 151 cm³/mol. The highest BCUT2D eigenvalue weighted by molar-refractivity contribution is 7.48. The molecular weight excluding hydrogens is 471 g/mol. The first-order chi connectivity index (χ1) is 17.7. The minimum absolute atomic E-state index is 0.161. The summed E-state index contributed by atoms with van der Waals surface area (Å²) >= 11 is 0. The minimum atomic E-state index is -3.75. The number of benzene rings is 2. The standard InChI is InChI=1S/C30H49O5P/c1-3-5-6-7-8-9-10-11-12-13-14-15-16-19-25-33-36(31,34-27-26-32-4-2)35-30-24-20-22-28-21-17-18-23-29(28)30/h17-18,20-24H,3-16,19,25-27H2,1-2H3. The fourth-order valence-corrected chi connectivity index (χ4v) is 5.54. The first-order valence-corrected chi connectivity index (χ1v) is 15.8. The second-order valence-corrected chi connectivity index (χ2v) is 11.1. The maximum atomic E-state index is 13.4. The van der Waals surface area contributed by atoms with Crippen molar-refractivity contribution in [2.24, 2.45) is 0 Å². The summed E-state index contributed by atoms with van der Waals surface area (Å²) in [6.45, 7) is 5.63. The fraction of sp³-hybridized carbons (Fsp3) is 0.667. The van der Waals surface area contributed by atoms with Gasteiger partial charge in [0, 0.05) is 12.0 Å². The molecule has 0 aliphatic carbocycles. The SMILES string of the molecule is CCCCCCCCCCCCCCCCOP(=O)(OCCOCC)Oc1cccc2ccccc12. The van der Waals surface area contributed by atoms with Crippen LogP contribution >= 0.6 is 7.82 Å². The van der Waals surface area contributed by atoms with Crippen molar-refractivity contribution in [1.82, 2.24) is 0 Å². The lowest BCUT2D eigenvalue weighted by molar-refractivity contribution is 0.0847. The van der Waals surface area contributed by atoms with Gasteiger partial charge in [-0.1, -0.05) is 127 Å². The molecule has 204 valence electrons. The second kappa shape index (κ2) is 19.7. The molecule has 2 rings (SSSR count). The third-order valence-corrected chi connectivity index (χ3v) is 7.81. The van der Waals surface area contributed by atoms with Crippen LogP contribution < -0.4 is 4.52 Å². The Balaban J connectivity index is 1.65. The summed E-state index contributed by atoms with van der Waals surface area (Å²) < 4.78 is 35.9. The van der Waals surface area contributed by atoms with Crippen molar-refractivity contribution in [1.29, 1.82) is 0 Å². The van der Waals surface area contributed by atoms with Gasteiger partial charge in [-0.15, -0.1) is 0 Å². The van der Waals surface area contributed by atoms with Crippen LogP contribution in [-0.4, -0.2) is 26.4 Å². The van der Waals surface area contributed by atoms with Crippen LogP contribution in [0.2, 0.25) is 0 Å². The highest BCUT2D eigenvalue weighted by Gasteiger charge is 2.29. The zero-order valence-corrected chi connectivity index (χ0v) is 23.7. The number of ether oxygens (including phenoxy) is 1. The lowest BCUT2D eigenvalue weighted by atomic mass is 10.0. The maximum Gasteiger partial charge on any atom is 0.530 e. The minimum Gasteiger partial charge on any atom is -0.403 e. The molecule has 0 aromatic heterocycles. The molecule has 5 nitrogen and oxygen atoms in total. The van der Waals surface area contributed by atoms with E-state index in [0.717, 1.165) is 23.6 Å². The van der Waals surface area contributed by atoms with Crippen LogP contribution in [0.5, 0.6) is 5.75 Å². The molecule has 1 atom stereocenters. The van der Waals surface area contributed by atoms with Crippen molar-refractivity contribution >= 4 is 18.6 Å². The van der Waals surface area contributed by atoms with Crippen LogP contribution in [0, 0.1) is 0 Å². The first kappa shape index (κ1) is 30.8. The van der Waals surface area contributed by atoms with Crippen LogP contribution in [-0.2, 0) is 18.3 Å². The quantitative estimate of drug-likeness (QED) is 0.108. The number of unbranched alkanes of at least 4 members (excludes halogenated alkanes) is 13. The van der Waals surface area contributed by atoms with Crippen molar-refractivity contribution in [2.45, 2.75) is 104 Å². The van der Waals surface area contributed by atoms with E-state index in [9.17, 15) is 4.57 Å². The van der Waals surface area contributed by atoms with E-state index in [2.05, 4.69) is 6.92 Å². The Morgan fingerprint density at radius 2 is 1.17 bits per heavy atom. The summed E-state index contributed by atoms with van der Waals surface area (Å²) in [7, 11) is -3.75. The molecule has 0 spiro atoms. The Bertz CT molecular complexity index is 851. The maximum absolute atomic E-state index is 13.4. The molecule has 0 aliphatic heterocycles. The number of hydrogen-bond acceptors (Lipinski definition) is 5. The van der Waals surface area contributed by atoms with Gasteiger partial charge in [0.1, 0.15) is 5.75 Å². The second-order valence-electron chi connectivity index (χ2n) is 9.48. The summed E-state index contributed by atoms with van der Waals surface area (Å²) in [5.41, 5.74) is 0. The van der Waals surface area contributed by atoms with E-state index in [-0.39, 0.29) is 6.61 Å². The Kier molecular flexibility index (Phi) is 16.9. The summed E-state index contributed by atoms with van der Waals surface area (Å²) in [6, 6.07) is 13.5. The van der Waals surface area contributed by atoms with E-state index in [1.54, 1.807) is 6.07 Å². The molecule has 0 radical (unpaired) electrons. The van der Waals surface area contributed by atoms with Crippen molar-refractivity contribution in [3.8, 4) is 5.75 Å². The molecule has 0 aliphatic rings. The predicted octanol–water partition coefficient (Wildman–Crippen LogP) is 9.88. The Labute approximate surface area is 219 Å². The van der Waals surface area contributed by atoms with Crippen LogP contribution in [0.15, 0.2) is 42.5 Å². The van der Waals surface area contributed by atoms with Gasteiger partial charge in [0.05, 0.1) is 19.8 Å². The van der Waals surface area contributed by atoms with E-state index >= 15 is 0 Å². The summed E-state index contributed by atoms with van der Waals surface area (Å²) in [6.07, 6.45) is 18.1. The van der Waals surface area contributed by atoms with Crippen LogP contribution in [0.25, 0.3) is 10.8 Å². The van der Waals surface area contributed by atoms with Gasteiger partial charge in [-0.3, -0.25) is 9.05 Å². The van der Waals surface area contributed by atoms with Gasteiger partial charge in [0.15, 0.2) is 0 Å². The van der Waals surface area contributed by atoms with Crippen LogP contribution in [0.3, 0.4) is 0 Å². The molecule has 6 heteroatoms. The lowest BCUT2D eigenvalue weighted by Crippen LogP contribution is -2.09. The van der Waals surface area contributed by atoms with Gasteiger partial charge >= 0.3 is 7.82 Å². The highest BCUT2D eigenvalue weighted by Crippen LogP contribution is 2.50. The molecule has 0 amide bonds. The van der Waals surface area contributed by atoms with Gasteiger partial charge in [0.25, 0.3) is 0 Å². The largest absolute Gasteiger partial charge is 0.530 e. The van der Waals surface area contributed by atoms with Crippen molar-refractivity contribution in [2.75, 3.05) is 26.4 Å². The normalized spacial score (nSPS) is 13.2. The molecule has 0 saturated carbocycles. The summed E-state index contributed by atoms with van der Waals surface area (Å²) in [4.78, 5) is 0. The molecule has 0 N–H and O–H groups in total. The molecule has 0 fully saturated rings. The van der Waals surface area contributed by atoms with E-state index in [1.165, 1.54) is 77.0 Å². The fourth-order valence-electron chi connectivity index (χ4n) is 4.31. The smallest absolute Gasteiger partial charge is 0.403 e. The average Bonchev–Trinajstić information content (AvgIpc) is 2.89. The number of rotatable bonds is 23. The molecule has 1 unspecified atom stereocenters. The van der Waals surface area contributed by atoms with Gasteiger partial charge in [-0.2, -0.15) is 0 Å². The van der Waals surface area contributed by atoms with E-state index in [1.807, 2.05) is 43.3 Å². The molecule has 0 bridgehead atoms. The molecule has 2 aromatic rings. The van der Waals surface area contributed by atoms with Crippen LogP contribution in [0.4, 0.5) is 0 Å². The average molecular weight is 521 g/mol. The third-order valence-electron chi connectivity index (χ3n) is 6.39. The van der Waals surface area contributed by atoms with Crippen molar-refractivity contribution in [3.05, 3.63) is 42.5 Å². The van der Waals surface area contributed by atoms with Gasteiger partial charge < -0.3 is 9.26 Å². The van der Waals surface area contributed by atoms with E-state index in [0.29, 0.717) is 25.6 Å². The molecule has 36 heavy (non-hydrogen) atoms. The monoisotopic (exact) mass is 520 g/mol. The number of fused-ring (bicyclic) bond motifs is 1. The van der Waals surface area contributed by atoms with E-state index in [4.69, 9.17) is 18.3 Å². The van der Waals surface area contributed by atoms with Crippen molar-refractivity contribution in [3.63, 3.8) is 0 Å². The van der Waals surface area contributed by atoms with Crippen LogP contribution in [0.1, 0.15) is 104 Å². The van der Waals surface area contributed by atoms with Gasteiger partial charge in [0.2, 0.25) is 0 Å². The highest BCUT2D eigenvalue weighted by atomic mass is 31.2. The number of phosphoric ester groups is 1. The molecular formula is C30H49O5P. The Morgan fingerprint density at radius 3 is 1.81 bits per heavy atom. The van der Waals surface area contributed by atoms with E-state index < -0.39 is 7.82 Å². The topological polar surface area (TPSA) is 54.0 Å².